The molecule has 1 aromatic carbocycles. The SMILES string of the molecule is O=C(c1ccccc1F)N1CCCC(NCC(F)F)C1. The molecule has 1 aliphatic heterocycles. The molecule has 0 radical (unpaired) electrons. The van der Waals surface area contributed by atoms with Gasteiger partial charge < -0.3 is 10.2 Å². The van der Waals surface area contributed by atoms with E-state index in [0.717, 1.165) is 12.8 Å². The van der Waals surface area contributed by atoms with Crippen LogP contribution in [-0.2, 0) is 0 Å². The summed E-state index contributed by atoms with van der Waals surface area (Å²) in [7, 11) is 0. The summed E-state index contributed by atoms with van der Waals surface area (Å²) < 4.78 is 37.9. The van der Waals surface area contributed by atoms with Gasteiger partial charge in [0, 0.05) is 19.1 Å². The van der Waals surface area contributed by atoms with Gasteiger partial charge in [-0.15, -0.1) is 0 Å². The van der Waals surface area contributed by atoms with Crippen molar-refractivity contribution in [3.63, 3.8) is 0 Å². The van der Waals surface area contributed by atoms with Crippen molar-refractivity contribution in [3.05, 3.63) is 35.6 Å². The molecule has 0 bridgehead atoms. The minimum atomic E-state index is -2.41. The number of rotatable bonds is 4. The van der Waals surface area contributed by atoms with E-state index in [1.54, 1.807) is 6.07 Å². The molecular weight excluding hydrogens is 269 g/mol. The lowest BCUT2D eigenvalue weighted by atomic mass is 10.0. The summed E-state index contributed by atoms with van der Waals surface area (Å²) in [6.07, 6.45) is -0.942. The first-order valence-electron chi connectivity index (χ1n) is 6.63. The van der Waals surface area contributed by atoms with Crippen LogP contribution in [-0.4, -0.2) is 42.9 Å². The Morgan fingerprint density at radius 1 is 1.40 bits per heavy atom. The van der Waals surface area contributed by atoms with Gasteiger partial charge in [-0.25, -0.2) is 13.2 Å². The van der Waals surface area contributed by atoms with Crippen molar-refractivity contribution in [3.8, 4) is 0 Å². The molecule has 1 aromatic rings. The molecule has 0 saturated carbocycles. The van der Waals surface area contributed by atoms with Crippen molar-refractivity contribution in [2.45, 2.75) is 25.3 Å². The quantitative estimate of drug-likeness (QED) is 0.921. The van der Waals surface area contributed by atoms with Crippen molar-refractivity contribution < 1.29 is 18.0 Å². The number of halogens is 3. The summed E-state index contributed by atoms with van der Waals surface area (Å²) in [5, 5.41) is 2.73. The normalized spacial score (nSPS) is 19.4. The van der Waals surface area contributed by atoms with Crippen molar-refractivity contribution in [2.75, 3.05) is 19.6 Å². The predicted octanol–water partition coefficient (Wildman–Crippen LogP) is 2.29. The van der Waals surface area contributed by atoms with Crippen LogP contribution in [0.2, 0.25) is 0 Å². The fraction of sp³-hybridized carbons (Fsp3) is 0.500. The zero-order valence-electron chi connectivity index (χ0n) is 11.0. The van der Waals surface area contributed by atoms with Crippen molar-refractivity contribution in [2.24, 2.45) is 0 Å². The van der Waals surface area contributed by atoms with Gasteiger partial charge in [0.05, 0.1) is 12.1 Å². The fourth-order valence-electron chi connectivity index (χ4n) is 2.39. The lowest BCUT2D eigenvalue weighted by Crippen LogP contribution is -2.49. The van der Waals surface area contributed by atoms with E-state index >= 15 is 0 Å². The summed E-state index contributed by atoms with van der Waals surface area (Å²) in [4.78, 5) is 13.7. The fourth-order valence-corrected chi connectivity index (χ4v) is 2.39. The van der Waals surface area contributed by atoms with Crippen molar-refractivity contribution in [1.82, 2.24) is 10.2 Å². The molecule has 1 unspecified atom stereocenters. The second-order valence-corrected chi connectivity index (χ2v) is 4.87. The number of carbonyl (C=O) groups is 1. The number of hydrogen-bond donors (Lipinski definition) is 1. The highest BCUT2D eigenvalue weighted by atomic mass is 19.3. The zero-order valence-corrected chi connectivity index (χ0v) is 11.0. The van der Waals surface area contributed by atoms with E-state index in [-0.39, 0.29) is 24.1 Å². The molecule has 1 N–H and O–H groups in total. The van der Waals surface area contributed by atoms with E-state index in [1.165, 1.54) is 23.1 Å². The molecule has 3 nitrogen and oxygen atoms in total. The first kappa shape index (κ1) is 14.8. The Morgan fingerprint density at radius 3 is 2.85 bits per heavy atom. The monoisotopic (exact) mass is 286 g/mol. The highest BCUT2D eigenvalue weighted by molar-refractivity contribution is 5.94. The predicted molar refractivity (Wildman–Crippen MR) is 69.3 cm³/mol. The Kier molecular flexibility index (Phi) is 5.00. The zero-order chi connectivity index (χ0) is 14.5. The second-order valence-electron chi connectivity index (χ2n) is 4.87. The second kappa shape index (κ2) is 6.74. The molecule has 0 aromatic heterocycles. The Morgan fingerprint density at radius 2 is 2.15 bits per heavy atom. The van der Waals surface area contributed by atoms with Crippen molar-refractivity contribution in [1.29, 1.82) is 0 Å². The third kappa shape index (κ3) is 3.72. The van der Waals surface area contributed by atoms with E-state index in [0.29, 0.717) is 13.1 Å². The maximum atomic E-state index is 13.6. The van der Waals surface area contributed by atoms with Crippen LogP contribution in [0.3, 0.4) is 0 Å². The summed E-state index contributed by atoms with van der Waals surface area (Å²) in [5.41, 5.74) is 0.0296. The van der Waals surface area contributed by atoms with Gasteiger partial charge in [0.25, 0.3) is 12.3 Å². The molecule has 1 heterocycles. The number of alkyl halides is 2. The molecular formula is C14H17F3N2O. The molecule has 20 heavy (non-hydrogen) atoms. The molecule has 110 valence electrons. The molecule has 1 fully saturated rings. The Labute approximate surface area is 115 Å². The maximum absolute atomic E-state index is 13.6. The van der Waals surface area contributed by atoms with Crippen LogP contribution in [0, 0.1) is 5.82 Å². The lowest BCUT2D eigenvalue weighted by Gasteiger charge is -2.33. The maximum Gasteiger partial charge on any atom is 0.256 e. The van der Waals surface area contributed by atoms with Crippen LogP contribution in [0.5, 0.6) is 0 Å². The number of benzene rings is 1. The average molecular weight is 286 g/mol. The van der Waals surface area contributed by atoms with Gasteiger partial charge in [-0.3, -0.25) is 4.79 Å². The van der Waals surface area contributed by atoms with Gasteiger partial charge in [-0.1, -0.05) is 12.1 Å². The minimum Gasteiger partial charge on any atom is -0.337 e. The topological polar surface area (TPSA) is 32.3 Å². The van der Waals surface area contributed by atoms with Gasteiger partial charge in [-0.05, 0) is 25.0 Å². The van der Waals surface area contributed by atoms with E-state index in [4.69, 9.17) is 0 Å². The standard InChI is InChI=1S/C14H17F3N2O/c15-12-6-2-1-5-11(12)14(20)19-7-3-4-10(9-19)18-8-13(16)17/h1-2,5-6,10,13,18H,3-4,7-9H2. The number of likely N-dealkylation sites (tertiary alicyclic amines) is 1. The highest BCUT2D eigenvalue weighted by Crippen LogP contribution is 2.16. The first-order valence-corrected chi connectivity index (χ1v) is 6.63. The van der Waals surface area contributed by atoms with E-state index in [9.17, 15) is 18.0 Å². The number of amides is 1. The summed E-state index contributed by atoms with van der Waals surface area (Å²) in [6, 6.07) is 5.65. The number of nitrogens with zero attached hydrogens (tertiary/aromatic N) is 1. The van der Waals surface area contributed by atoms with Crippen molar-refractivity contribution >= 4 is 5.91 Å². The van der Waals surface area contributed by atoms with E-state index in [2.05, 4.69) is 5.32 Å². The third-order valence-electron chi connectivity index (χ3n) is 3.37. The smallest absolute Gasteiger partial charge is 0.256 e. The molecule has 1 aliphatic rings. The summed E-state index contributed by atoms with van der Waals surface area (Å²) in [6.45, 7) is 0.478. The van der Waals surface area contributed by atoms with Crippen LogP contribution in [0.4, 0.5) is 13.2 Å². The Hall–Kier alpha value is -1.56. The van der Waals surface area contributed by atoms with Gasteiger partial charge in [0.1, 0.15) is 5.82 Å². The van der Waals surface area contributed by atoms with Gasteiger partial charge in [0.2, 0.25) is 0 Å². The summed E-state index contributed by atoms with van der Waals surface area (Å²) in [5.74, 6) is -0.938. The third-order valence-corrected chi connectivity index (χ3v) is 3.37. The average Bonchev–Trinajstić information content (AvgIpc) is 2.45. The molecule has 1 saturated heterocycles. The Balaban J connectivity index is 1.98. The lowest BCUT2D eigenvalue weighted by molar-refractivity contribution is 0.0676. The molecule has 0 aliphatic carbocycles. The number of hydrogen-bond acceptors (Lipinski definition) is 2. The molecule has 0 spiro atoms. The first-order chi connectivity index (χ1) is 9.58. The van der Waals surface area contributed by atoms with Crippen LogP contribution in [0.25, 0.3) is 0 Å². The number of piperidine rings is 1. The highest BCUT2D eigenvalue weighted by Gasteiger charge is 2.26. The van der Waals surface area contributed by atoms with Gasteiger partial charge in [0.15, 0.2) is 0 Å². The molecule has 6 heteroatoms. The largest absolute Gasteiger partial charge is 0.337 e. The summed E-state index contributed by atoms with van der Waals surface area (Å²) >= 11 is 0. The van der Waals surface area contributed by atoms with E-state index < -0.39 is 12.2 Å². The number of carbonyl (C=O) groups excluding carboxylic acids is 1. The van der Waals surface area contributed by atoms with Crippen LogP contribution in [0.1, 0.15) is 23.2 Å². The van der Waals surface area contributed by atoms with Gasteiger partial charge in [-0.2, -0.15) is 0 Å². The van der Waals surface area contributed by atoms with E-state index in [1.807, 2.05) is 0 Å². The number of nitrogens with one attached hydrogen (secondary N) is 1. The molecule has 1 atom stereocenters. The molecule has 1 amide bonds. The minimum absolute atomic E-state index is 0.0296. The van der Waals surface area contributed by atoms with Gasteiger partial charge >= 0.3 is 0 Å². The van der Waals surface area contributed by atoms with Crippen LogP contribution in [0.15, 0.2) is 24.3 Å². The van der Waals surface area contributed by atoms with Crippen LogP contribution < -0.4 is 5.32 Å². The van der Waals surface area contributed by atoms with Crippen LogP contribution >= 0.6 is 0 Å². The Bertz CT molecular complexity index is 467. The molecule has 2 rings (SSSR count).